The Labute approximate surface area is 350 Å². The smallest absolute Gasteiger partial charge is 0.327 e. The van der Waals surface area contributed by atoms with Crippen LogP contribution < -0.4 is 54.4 Å². The molecule has 0 aromatic carbocycles. The van der Waals surface area contributed by atoms with E-state index < -0.39 is 114 Å². The van der Waals surface area contributed by atoms with Gasteiger partial charge in [-0.3, -0.25) is 43.3 Å². The van der Waals surface area contributed by atoms with Crippen molar-refractivity contribution in [3.63, 3.8) is 0 Å². The van der Waals surface area contributed by atoms with Crippen molar-refractivity contribution >= 4 is 84.5 Å². The van der Waals surface area contributed by atoms with Crippen LogP contribution in [0.15, 0.2) is 17.5 Å². The van der Waals surface area contributed by atoms with Crippen LogP contribution in [0, 0.1) is 5.92 Å². The zero-order valence-corrected chi connectivity index (χ0v) is 34.7. The number of carboxylic acid groups (broad SMARTS) is 2. The number of amides is 7. The summed E-state index contributed by atoms with van der Waals surface area (Å²) in [6.07, 6.45) is 1.98. The van der Waals surface area contributed by atoms with Crippen LogP contribution in [-0.4, -0.2) is 146 Å². The molecule has 1 aromatic rings. The van der Waals surface area contributed by atoms with E-state index in [1.165, 1.54) is 40.2 Å². The minimum atomic E-state index is -1.73. The average molecular weight is 874 g/mol. The highest BCUT2D eigenvalue weighted by molar-refractivity contribution is 7.80. The van der Waals surface area contributed by atoms with E-state index in [0.29, 0.717) is 5.69 Å². The summed E-state index contributed by atoms with van der Waals surface area (Å²) in [6.45, 7) is 5.83. The SMILES string of the molecule is CC(NC(=O)C(CCCN=C(N)N)NC(=O)C(N)CS)C(=O)NC(Cc1cnc[nH]1)C(=O)NC(C)C(=O)NC(C(=O)NC(CC(=O)O)C(=O)NC(CS)C(=O)O)C(C)C. The molecule has 330 valence electrons. The van der Waals surface area contributed by atoms with Crippen molar-refractivity contribution in [3.8, 4) is 0 Å². The van der Waals surface area contributed by atoms with Gasteiger partial charge in [0.2, 0.25) is 41.4 Å². The third-order valence-corrected chi connectivity index (χ3v) is 9.04. The lowest BCUT2D eigenvalue weighted by atomic mass is 10.0. The number of imidazole rings is 1. The first-order valence-electron chi connectivity index (χ1n) is 18.2. The highest BCUT2D eigenvalue weighted by Gasteiger charge is 2.34. The number of rotatable bonds is 26. The van der Waals surface area contributed by atoms with E-state index in [1.807, 2.05) is 0 Å². The van der Waals surface area contributed by atoms with E-state index in [4.69, 9.17) is 17.2 Å². The first-order valence-corrected chi connectivity index (χ1v) is 19.4. The van der Waals surface area contributed by atoms with Crippen LogP contribution in [0.2, 0.25) is 0 Å². The first kappa shape index (κ1) is 51.4. The fraction of sp³-hybridized carbons (Fsp3) is 0.606. The van der Waals surface area contributed by atoms with Gasteiger partial charge < -0.3 is 69.6 Å². The molecule has 0 bridgehead atoms. The summed E-state index contributed by atoms with van der Waals surface area (Å²) in [4.78, 5) is 125. The summed E-state index contributed by atoms with van der Waals surface area (Å²) in [7, 11) is 0. The number of nitrogens with zero attached hydrogens (tertiary/aromatic N) is 2. The summed E-state index contributed by atoms with van der Waals surface area (Å²) >= 11 is 7.84. The molecular formula is C33H55N13O11S2. The highest BCUT2D eigenvalue weighted by Crippen LogP contribution is 2.07. The average Bonchev–Trinajstić information content (AvgIpc) is 3.68. The number of aliphatic carboxylic acids is 2. The number of H-pyrrole nitrogens is 1. The Morgan fingerprint density at radius 1 is 0.712 bits per heavy atom. The van der Waals surface area contributed by atoms with E-state index in [0.717, 1.165) is 0 Å². The van der Waals surface area contributed by atoms with Gasteiger partial charge in [0.15, 0.2) is 5.96 Å². The van der Waals surface area contributed by atoms with Gasteiger partial charge in [0, 0.05) is 36.4 Å². The predicted octanol–water partition coefficient (Wildman–Crippen LogP) is -5.16. The normalized spacial score (nSPS) is 15.0. The number of thiol groups is 2. The molecule has 0 saturated heterocycles. The largest absolute Gasteiger partial charge is 0.481 e. The van der Waals surface area contributed by atoms with Gasteiger partial charge in [0.05, 0.1) is 18.8 Å². The Bertz CT molecular complexity index is 1660. The maximum atomic E-state index is 13.6. The fourth-order valence-electron chi connectivity index (χ4n) is 4.93. The lowest BCUT2D eigenvalue weighted by Gasteiger charge is -2.27. The number of nitrogens with two attached hydrogens (primary N) is 3. The van der Waals surface area contributed by atoms with Crippen molar-refractivity contribution in [3.05, 3.63) is 18.2 Å². The van der Waals surface area contributed by atoms with Crippen LogP contribution in [0.3, 0.4) is 0 Å². The molecule has 8 atom stereocenters. The maximum Gasteiger partial charge on any atom is 0.327 e. The van der Waals surface area contributed by atoms with Crippen molar-refractivity contribution in [2.24, 2.45) is 28.1 Å². The number of aromatic amines is 1. The second-order valence-corrected chi connectivity index (χ2v) is 14.3. The summed E-state index contributed by atoms with van der Waals surface area (Å²) in [5.74, 6) is -10.2. The van der Waals surface area contributed by atoms with Crippen LogP contribution in [0.25, 0.3) is 0 Å². The molecule has 24 nitrogen and oxygen atoms in total. The van der Waals surface area contributed by atoms with Gasteiger partial charge >= 0.3 is 11.9 Å². The number of hydrogen-bond acceptors (Lipinski definition) is 14. The molecule has 0 radical (unpaired) electrons. The summed E-state index contributed by atoms with van der Waals surface area (Å²) < 4.78 is 0. The number of hydrogen-bond donors (Lipinski definition) is 15. The molecule has 0 aliphatic rings. The van der Waals surface area contributed by atoms with Crippen molar-refractivity contribution < 1.29 is 53.4 Å². The van der Waals surface area contributed by atoms with Gasteiger partial charge in [-0.15, -0.1) is 0 Å². The molecule has 0 saturated carbocycles. The van der Waals surface area contributed by atoms with Gasteiger partial charge in [-0.2, -0.15) is 25.3 Å². The summed E-state index contributed by atoms with van der Waals surface area (Å²) in [6, 6.07) is -10.7. The van der Waals surface area contributed by atoms with E-state index in [2.05, 4.69) is 77.4 Å². The maximum absolute atomic E-state index is 13.6. The standard InChI is InChI=1S/C33H55N13O11S2/c1-14(2)24(31(55)44-21(9-23(47)48)30(54)45-22(12-59)32(56)57)46-26(50)16(4)41-29(53)20(8-17-10-37-13-39-17)43-25(49)15(3)40-28(52)19(6-5-7-38-33(35)36)42-27(51)18(34)11-58/h10,13-16,18-22,24,58-59H,5-9,11-12,34H2,1-4H3,(H,37,39)(H,40,52)(H,41,53)(H,42,51)(H,43,49)(H,44,55)(H,45,54)(H,46,50)(H,47,48)(H,56,57)(H4,35,36,38). The van der Waals surface area contributed by atoms with Crippen molar-refractivity contribution in [1.29, 1.82) is 0 Å². The van der Waals surface area contributed by atoms with Crippen molar-refractivity contribution in [2.75, 3.05) is 18.1 Å². The predicted molar refractivity (Wildman–Crippen MR) is 217 cm³/mol. The number of carboxylic acids is 2. The summed E-state index contributed by atoms with van der Waals surface area (Å²) in [5.41, 5.74) is 16.8. The third kappa shape index (κ3) is 18.7. The topological polar surface area (TPSA) is 397 Å². The van der Waals surface area contributed by atoms with Crippen LogP contribution in [0.1, 0.15) is 52.7 Å². The van der Waals surface area contributed by atoms with Gasteiger partial charge in [-0.05, 0) is 32.6 Å². The fourth-order valence-corrected chi connectivity index (χ4v) is 5.35. The number of nitrogens with one attached hydrogen (secondary N) is 8. The zero-order chi connectivity index (χ0) is 45.0. The van der Waals surface area contributed by atoms with Crippen LogP contribution >= 0.6 is 25.3 Å². The monoisotopic (exact) mass is 873 g/mol. The zero-order valence-electron chi connectivity index (χ0n) is 32.9. The Morgan fingerprint density at radius 2 is 1.24 bits per heavy atom. The Balaban J connectivity index is 3.12. The molecule has 1 aromatic heterocycles. The van der Waals surface area contributed by atoms with Gasteiger partial charge in [-0.1, -0.05) is 13.8 Å². The van der Waals surface area contributed by atoms with Crippen molar-refractivity contribution in [2.45, 2.75) is 102 Å². The van der Waals surface area contributed by atoms with E-state index in [-0.39, 0.29) is 43.3 Å². The molecule has 0 fully saturated rings. The molecule has 16 N–H and O–H groups in total. The van der Waals surface area contributed by atoms with Gasteiger partial charge in [0.1, 0.15) is 42.3 Å². The molecule has 7 amide bonds. The van der Waals surface area contributed by atoms with Gasteiger partial charge in [0.25, 0.3) is 0 Å². The molecule has 26 heteroatoms. The Hall–Kier alpha value is -5.63. The number of guanidine groups is 1. The molecule has 0 aliphatic carbocycles. The van der Waals surface area contributed by atoms with E-state index in [9.17, 15) is 53.4 Å². The second-order valence-electron chi connectivity index (χ2n) is 13.6. The van der Waals surface area contributed by atoms with E-state index in [1.54, 1.807) is 0 Å². The van der Waals surface area contributed by atoms with Crippen LogP contribution in [0.4, 0.5) is 0 Å². The molecule has 8 unspecified atom stereocenters. The number of aromatic nitrogens is 2. The molecular weight excluding hydrogens is 819 g/mol. The molecule has 1 heterocycles. The van der Waals surface area contributed by atoms with Crippen molar-refractivity contribution in [1.82, 2.24) is 47.2 Å². The minimum Gasteiger partial charge on any atom is -0.481 e. The van der Waals surface area contributed by atoms with Crippen LogP contribution in [0.5, 0.6) is 0 Å². The molecule has 1 rings (SSSR count). The Morgan fingerprint density at radius 3 is 1.73 bits per heavy atom. The third-order valence-electron chi connectivity index (χ3n) is 8.28. The second kappa shape index (κ2) is 25.7. The highest BCUT2D eigenvalue weighted by atomic mass is 32.1. The first-order chi connectivity index (χ1) is 27.6. The lowest BCUT2D eigenvalue weighted by molar-refractivity contribution is -0.143. The minimum absolute atomic E-state index is 0.00903. The molecule has 0 spiro atoms. The van der Waals surface area contributed by atoms with Gasteiger partial charge in [-0.25, -0.2) is 9.78 Å². The molecule has 59 heavy (non-hydrogen) atoms. The number of carbonyl (C=O) groups excluding carboxylic acids is 7. The van der Waals surface area contributed by atoms with Crippen LogP contribution in [-0.2, 0) is 49.6 Å². The summed E-state index contributed by atoms with van der Waals surface area (Å²) in [5, 5.41) is 35.3. The number of aliphatic imine (C=N–C) groups is 1. The Kier molecular flexibility index (Phi) is 22.4. The van der Waals surface area contributed by atoms with E-state index >= 15 is 0 Å². The molecule has 0 aliphatic heterocycles. The number of carbonyl (C=O) groups is 9. The quantitative estimate of drug-likeness (QED) is 0.0179. The lowest BCUT2D eigenvalue weighted by Crippen LogP contribution is -2.60.